The number of sulfonamides is 1. The molecule has 1 unspecified atom stereocenters. The number of aromatic nitrogens is 2. The zero-order chi connectivity index (χ0) is 16.4. The van der Waals surface area contributed by atoms with Gasteiger partial charge in [0, 0.05) is 31.2 Å². The molecule has 0 amide bonds. The molecular weight excluding hydrogens is 371 g/mol. The number of hydrogen-bond donors (Lipinski definition) is 1. The van der Waals surface area contributed by atoms with Crippen molar-refractivity contribution in [2.45, 2.75) is 24.5 Å². The van der Waals surface area contributed by atoms with Crippen molar-refractivity contribution in [1.82, 2.24) is 19.2 Å². The van der Waals surface area contributed by atoms with E-state index in [-0.39, 0.29) is 23.5 Å². The van der Waals surface area contributed by atoms with Crippen molar-refractivity contribution in [2.24, 2.45) is 0 Å². The van der Waals surface area contributed by atoms with E-state index in [4.69, 9.17) is 11.6 Å². The van der Waals surface area contributed by atoms with E-state index in [0.717, 1.165) is 5.56 Å². The SMILES string of the molecule is CCn1cncc1S(=O)(=O)N1CCNCC1c1ccccc1Cl.Cl. The lowest BCUT2D eigenvalue weighted by molar-refractivity contribution is 0.270. The van der Waals surface area contributed by atoms with E-state index in [9.17, 15) is 8.42 Å². The van der Waals surface area contributed by atoms with Gasteiger partial charge in [0.1, 0.15) is 0 Å². The fraction of sp³-hybridized carbons (Fsp3) is 0.400. The van der Waals surface area contributed by atoms with E-state index in [0.29, 0.717) is 31.2 Å². The molecule has 0 saturated carbocycles. The van der Waals surface area contributed by atoms with Gasteiger partial charge in [-0.3, -0.25) is 0 Å². The molecule has 2 heterocycles. The molecule has 24 heavy (non-hydrogen) atoms. The van der Waals surface area contributed by atoms with Crippen LogP contribution in [-0.2, 0) is 16.6 Å². The second-order valence-electron chi connectivity index (χ2n) is 5.38. The molecule has 0 bridgehead atoms. The third kappa shape index (κ3) is 3.45. The van der Waals surface area contributed by atoms with Gasteiger partial charge in [-0.2, -0.15) is 4.31 Å². The monoisotopic (exact) mass is 390 g/mol. The van der Waals surface area contributed by atoms with Crippen molar-refractivity contribution in [3.05, 3.63) is 47.4 Å². The van der Waals surface area contributed by atoms with Gasteiger partial charge in [0.15, 0.2) is 5.03 Å². The molecule has 1 aromatic heterocycles. The zero-order valence-corrected chi connectivity index (χ0v) is 15.6. The van der Waals surface area contributed by atoms with Crippen molar-refractivity contribution < 1.29 is 8.42 Å². The summed E-state index contributed by atoms with van der Waals surface area (Å²) in [5.74, 6) is 0. The summed E-state index contributed by atoms with van der Waals surface area (Å²) in [6.45, 7) is 3.98. The van der Waals surface area contributed by atoms with Crippen molar-refractivity contribution in [3.8, 4) is 0 Å². The summed E-state index contributed by atoms with van der Waals surface area (Å²) in [6.07, 6.45) is 2.95. The first-order valence-electron chi connectivity index (χ1n) is 7.53. The molecule has 1 fully saturated rings. The highest BCUT2D eigenvalue weighted by Crippen LogP contribution is 2.32. The molecule has 1 N–H and O–H groups in total. The molecule has 9 heteroatoms. The van der Waals surface area contributed by atoms with Crippen LogP contribution in [0.15, 0.2) is 41.8 Å². The summed E-state index contributed by atoms with van der Waals surface area (Å²) < 4.78 is 29.4. The zero-order valence-electron chi connectivity index (χ0n) is 13.2. The second kappa shape index (κ2) is 7.84. The van der Waals surface area contributed by atoms with Crippen molar-refractivity contribution in [1.29, 1.82) is 0 Å². The van der Waals surface area contributed by atoms with E-state index in [2.05, 4.69) is 10.3 Å². The minimum absolute atomic E-state index is 0. The predicted molar refractivity (Wildman–Crippen MR) is 96.1 cm³/mol. The number of hydrogen-bond acceptors (Lipinski definition) is 4. The van der Waals surface area contributed by atoms with Gasteiger partial charge in [-0.05, 0) is 18.6 Å². The molecule has 6 nitrogen and oxygen atoms in total. The number of imidazole rings is 1. The van der Waals surface area contributed by atoms with Crippen LogP contribution in [0, 0.1) is 0 Å². The van der Waals surface area contributed by atoms with E-state index >= 15 is 0 Å². The van der Waals surface area contributed by atoms with Gasteiger partial charge in [-0.1, -0.05) is 29.8 Å². The number of halogens is 2. The summed E-state index contributed by atoms with van der Waals surface area (Å²) in [7, 11) is -3.64. The molecule has 2 aromatic rings. The second-order valence-corrected chi connectivity index (χ2v) is 7.62. The number of benzene rings is 1. The van der Waals surface area contributed by atoms with Crippen LogP contribution in [-0.4, -0.2) is 41.9 Å². The fourth-order valence-electron chi connectivity index (χ4n) is 2.86. The number of nitrogens with zero attached hydrogens (tertiary/aromatic N) is 3. The lowest BCUT2D eigenvalue weighted by Gasteiger charge is -2.35. The minimum Gasteiger partial charge on any atom is -0.321 e. The molecule has 1 aliphatic heterocycles. The smallest absolute Gasteiger partial charge is 0.260 e. The summed E-state index contributed by atoms with van der Waals surface area (Å²) in [5.41, 5.74) is 0.813. The first kappa shape index (κ1) is 19.2. The van der Waals surface area contributed by atoms with Crippen LogP contribution in [0.25, 0.3) is 0 Å². The quantitative estimate of drug-likeness (QED) is 0.869. The number of rotatable bonds is 4. The lowest BCUT2D eigenvalue weighted by Crippen LogP contribution is -2.49. The largest absolute Gasteiger partial charge is 0.321 e. The van der Waals surface area contributed by atoms with Crippen LogP contribution in [0.3, 0.4) is 0 Å². The Labute approximate surface area is 153 Å². The van der Waals surface area contributed by atoms with E-state index < -0.39 is 10.0 Å². The molecule has 1 aromatic carbocycles. The molecule has 0 radical (unpaired) electrons. The van der Waals surface area contributed by atoms with E-state index in [1.807, 2.05) is 25.1 Å². The fourth-order valence-corrected chi connectivity index (χ4v) is 4.89. The first-order valence-corrected chi connectivity index (χ1v) is 9.34. The summed E-state index contributed by atoms with van der Waals surface area (Å²) in [4.78, 5) is 3.98. The molecule has 1 saturated heterocycles. The highest BCUT2D eigenvalue weighted by molar-refractivity contribution is 7.89. The molecule has 0 spiro atoms. The molecule has 3 rings (SSSR count). The van der Waals surface area contributed by atoms with Crippen LogP contribution < -0.4 is 5.32 Å². The summed E-state index contributed by atoms with van der Waals surface area (Å²) >= 11 is 6.29. The average Bonchev–Trinajstić information content (AvgIpc) is 3.05. The molecule has 0 aliphatic carbocycles. The van der Waals surface area contributed by atoms with Crippen LogP contribution in [0.5, 0.6) is 0 Å². The molecule has 1 aliphatic rings. The van der Waals surface area contributed by atoms with Crippen molar-refractivity contribution in [2.75, 3.05) is 19.6 Å². The van der Waals surface area contributed by atoms with Crippen molar-refractivity contribution >= 4 is 34.0 Å². The Balaban J connectivity index is 0.00000208. The average molecular weight is 391 g/mol. The van der Waals surface area contributed by atoms with Gasteiger partial charge in [0.25, 0.3) is 10.0 Å². The third-order valence-corrected chi connectivity index (χ3v) is 6.31. The summed E-state index contributed by atoms with van der Waals surface area (Å²) in [5, 5.41) is 4.05. The predicted octanol–water partition coefficient (Wildman–Crippen LogP) is 2.31. The Morgan fingerprint density at radius 2 is 2.12 bits per heavy atom. The topological polar surface area (TPSA) is 67.2 Å². The van der Waals surface area contributed by atoms with Crippen LogP contribution in [0.4, 0.5) is 0 Å². The Bertz CT molecular complexity index is 794. The Morgan fingerprint density at radius 3 is 2.83 bits per heavy atom. The van der Waals surface area contributed by atoms with Gasteiger partial charge < -0.3 is 9.88 Å². The van der Waals surface area contributed by atoms with Crippen LogP contribution in [0.1, 0.15) is 18.5 Å². The van der Waals surface area contributed by atoms with Crippen molar-refractivity contribution in [3.63, 3.8) is 0 Å². The van der Waals surface area contributed by atoms with Gasteiger partial charge in [0.05, 0.1) is 18.6 Å². The van der Waals surface area contributed by atoms with E-state index in [1.165, 1.54) is 10.5 Å². The number of aryl methyl sites for hydroxylation is 1. The molecule has 1 atom stereocenters. The highest BCUT2D eigenvalue weighted by Gasteiger charge is 2.36. The van der Waals surface area contributed by atoms with Gasteiger partial charge >= 0.3 is 0 Å². The Kier molecular flexibility index (Phi) is 6.28. The lowest BCUT2D eigenvalue weighted by atomic mass is 10.1. The first-order chi connectivity index (χ1) is 11.1. The minimum atomic E-state index is -3.64. The van der Waals surface area contributed by atoms with Gasteiger partial charge in [0.2, 0.25) is 0 Å². The van der Waals surface area contributed by atoms with Crippen LogP contribution in [0.2, 0.25) is 5.02 Å². The molecule has 132 valence electrons. The molecular formula is C15H20Cl2N4O2S. The number of piperazine rings is 1. The van der Waals surface area contributed by atoms with Crippen LogP contribution >= 0.6 is 24.0 Å². The number of nitrogens with one attached hydrogen (secondary N) is 1. The maximum absolute atomic E-state index is 13.1. The third-order valence-electron chi connectivity index (χ3n) is 4.05. The maximum atomic E-state index is 13.1. The van der Waals surface area contributed by atoms with E-state index in [1.54, 1.807) is 17.0 Å². The summed E-state index contributed by atoms with van der Waals surface area (Å²) in [6, 6.07) is 7.04. The normalized spacial score (nSPS) is 19.0. The van der Waals surface area contributed by atoms with Gasteiger partial charge in [-0.25, -0.2) is 13.4 Å². The maximum Gasteiger partial charge on any atom is 0.260 e. The highest BCUT2D eigenvalue weighted by atomic mass is 35.5. The standard InChI is InChI=1S/C15H19ClN4O2S.ClH/c1-2-19-11-18-10-15(19)23(21,22)20-8-7-17-9-14(20)12-5-3-4-6-13(12)16;/h3-6,10-11,14,17H,2,7-9H2,1H3;1H. The Morgan fingerprint density at radius 1 is 1.38 bits per heavy atom. The van der Waals surface area contributed by atoms with Gasteiger partial charge in [-0.15, -0.1) is 12.4 Å². The Hall–Kier alpha value is -1.12.